The number of carboxylic acids is 1. The van der Waals surface area contributed by atoms with Crippen molar-refractivity contribution in [2.24, 2.45) is 5.73 Å². The van der Waals surface area contributed by atoms with Crippen LogP contribution in [-0.2, 0) is 14.4 Å². The molecule has 1 aromatic carbocycles. The lowest BCUT2D eigenvalue weighted by molar-refractivity contribution is -0.138. The van der Waals surface area contributed by atoms with Crippen molar-refractivity contribution < 1.29 is 19.5 Å². The fourth-order valence-electron chi connectivity index (χ4n) is 1.80. The highest BCUT2D eigenvalue weighted by Crippen LogP contribution is 2.14. The predicted molar refractivity (Wildman–Crippen MR) is 77.8 cm³/mol. The first-order valence-electron chi connectivity index (χ1n) is 6.37. The van der Waals surface area contributed by atoms with Gasteiger partial charge < -0.3 is 16.2 Å². The zero-order valence-electron chi connectivity index (χ0n) is 12.0. The first kappa shape index (κ1) is 16.6. The lowest BCUT2D eigenvalue weighted by atomic mass is 10.1. The highest BCUT2D eigenvalue weighted by Gasteiger charge is 2.16. The van der Waals surface area contributed by atoms with Crippen LogP contribution in [0.15, 0.2) is 18.2 Å². The molecule has 4 N–H and O–H groups in total. The number of carbonyl (C=O) groups is 3. The Labute approximate surface area is 122 Å². The number of rotatable bonds is 7. The molecule has 0 spiro atoms. The van der Waals surface area contributed by atoms with Crippen LogP contribution in [-0.4, -0.2) is 47.4 Å². The van der Waals surface area contributed by atoms with Crippen molar-refractivity contribution in [3.8, 4) is 0 Å². The van der Waals surface area contributed by atoms with E-state index >= 15 is 0 Å². The fourth-order valence-corrected chi connectivity index (χ4v) is 1.80. The molecule has 114 valence electrons. The highest BCUT2D eigenvalue weighted by molar-refractivity contribution is 5.93. The van der Waals surface area contributed by atoms with Crippen molar-refractivity contribution in [1.82, 2.24) is 4.90 Å². The fraction of sp³-hybridized carbons (Fsp3) is 0.357. The van der Waals surface area contributed by atoms with E-state index in [0.29, 0.717) is 5.69 Å². The first-order chi connectivity index (χ1) is 9.77. The normalized spacial score (nSPS) is 10.4. The van der Waals surface area contributed by atoms with Crippen LogP contribution < -0.4 is 11.1 Å². The van der Waals surface area contributed by atoms with E-state index in [2.05, 4.69) is 5.32 Å². The van der Waals surface area contributed by atoms with Crippen LogP contribution in [0.2, 0.25) is 0 Å². The van der Waals surface area contributed by atoms with E-state index in [1.54, 1.807) is 6.07 Å². The molecular weight excluding hydrogens is 274 g/mol. The third kappa shape index (κ3) is 6.05. The first-order valence-corrected chi connectivity index (χ1v) is 6.37. The van der Waals surface area contributed by atoms with Gasteiger partial charge in [0.25, 0.3) is 0 Å². The number of nitrogens with two attached hydrogens (primary N) is 1. The number of amides is 2. The average molecular weight is 293 g/mol. The van der Waals surface area contributed by atoms with Crippen molar-refractivity contribution in [3.05, 3.63) is 29.3 Å². The van der Waals surface area contributed by atoms with Crippen LogP contribution in [0.4, 0.5) is 5.69 Å². The Morgan fingerprint density at radius 2 is 1.81 bits per heavy atom. The van der Waals surface area contributed by atoms with E-state index in [1.165, 1.54) is 4.90 Å². The molecule has 0 bridgehead atoms. The van der Waals surface area contributed by atoms with Gasteiger partial charge in [-0.2, -0.15) is 0 Å². The number of anilines is 1. The Hall–Kier alpha value is -2.41. The Morgan fingerprint density at radius 1 is 1.14 bits per heavy atom. The minimum atomic E-state index is -1.13. The molecule has 2 amide bonds. The lowest BCUT2D eigenvalue weighted by Gasteiger charge is -2.18. The molecule has 0 aliphatic rings. The predicted octanol–water partition coefficient (Wildman–Crippen LogP) is 0.114. The number of aliphatic carboxylic acids is 1. The van der Waals surface area contributed by atoms with Gasteiger partial charge in [-0.3, -0.25) is 19.3 Å². The van der Waals surface area contributed by atoms with Gasteiger partial charge in [-0.25, -0.2) is 0 Å². The van der Waals surface area contributed by atoms with Crippen LogP contribution in [0.3, 0.4) is 0 Å². The minimum absolute atomic E-state index is 0.220. The molecule has 0 aromatic heterocycles. The lowest BCUT2D eigenvalue weighted by Crippen LogP contribution is -2.41. The number of nitrogens with zero attached hydrogens (tertiary/aromatic N) is 1. The van der Waals surface area contributed by atoms with E-state index in [1.807, 2.05) is 26.0 Å². The third-order valence-corrected chi connectivity index (χ3v) is 2.90. The van der Waals surface area contributed by atoms with Crippen LogP contribution in [0.5, 0.6) is 0 Å². The van der Waals surface area contributed by atoms with Gasteiger partial charge in [-0.05, 0) is 37.1 Å². The van der Waals surface area contributed by atoms with Gasteiger partial charge in [-0.15, -0.1) is 0 Å². The maximum absolute atomic E-state index is 11.9. The molecule has 0 heterocycles. The summed E-state index contributed by atoms with van der Waals surface area (Å²) in [5, 5.41) is 11.4. The maximum atomic E-state index is 11.9. The summed E-state index contributed by atoms with van der Waals surface area (Å²) >= 11 is 0. The minimum Gasteiger partial charge on any atom is -0.480 e. The molecule has 0 unspecified atom stereocenters. The summed E-state index contributed by atoms with van der Waals surface area (Å²) in [7, 11) is 0. The molecule has 21 heavy (non-hydrogen) atoms. The molecule has 0 saturated carbocycles. The molecule has 1 rings (SSSR count). The summed E-state index contributed by atoms with van der Waals surface area (Å²) in [6.45, 7) is 2.95. The summed E-state index contributed by atoms with van der Waals surface area (Å²) in [4.78, 5) is 34.6. The Bertz CT molecular complexity index is 541. The number of carbonyl (C=O) groups excluding carboxylic acids is 2. The summed E-state index contributed by atoms with van der Waals surface area (Å²) in [5.41, 5.74) is 7.79. The van der Waals surface area contributed by atoms with E-state index in [-0.39, 0.29) is 13.1 Å². The Kier molecular flexibility index (Phi) is 5.86. The van der Waals surface area contributed by atoms with Crippen molar-refractivity contribution in [2.75, 3.05) is 25.0 Å². The van der Waals surface area contributed by atoms with Crippen molar-refractivity contribution >= 4 is 23.5 Å². The van der Waals surface area contributed by atoms with E-state index in [4.69, 9.17) is 10.8 Å². The second-order valence-electron chi connectivity index (χ2n) is 4.85. The van der Waals surface area contributed by atoms with Gasteiger partial charge in [0.15, 0.2) is 0 Å². The van der Waals surface area contributed by atoms with Gasteiger partial charge in [0.2, 0.25) is 11.8 Å². The molecule has 0 aliphatic heterocycles. The van der Waals surface area contributed by atoms with Gasteiger partial charge in [0.1, 0.15) is 0 Å². The van der Waals surface area contributed by atoms with Gasteiger partial charge in [0, 0.05) is 5.69 Å². The van der Waals surface area contributed by atoms with Gasteiger partial charge in [0.05, 0.1) is 19.6 Å². The molecular formula is C14H19N3O4. The summed E-state index contributed by atoms with van der Waals surface area (Å²) in [5.74, 6) is -2.22. The summed E-state index contributed by atoms with van der Waals surface area (Å²) in [6.07, 6.45) is 0. The summed E-state index contributed by atoms with van der Waals surface area (Å²) < 4.78 is 0. The molecule has 0 atom stereocenters. The average Bonchev–Trinajstić information content (AvgIpc) is 2.31. The SMILES string of the molecule is Cc1ccc(NC(=O)CN(CC(N)=O)CC(=O)O)cc1C. The number of aryl methyl sites for hydroxylation is 2. The zero-order chi connectivity index (χ0) is 16.0. The van der Waals surface area contributed by atoms with E-state index in [0.717, 1.165) is 11.1 Å². The molecule has 0 aliphatic carbocycles. The molecule has 0 radical (unpaired) electrons. The monoisotopic (exact) mass is 293 g/mol. The molecule has 1 aromatic rings. The van der Waals surface area contributed by atoms with Crippen molar-refractivity contribution in [2.45, 2.75) is 13.8 Å². The Balaban J connectivity index is 2.66. The number of benzene rings is 1. The van der Waals surface area contributed by atoms with Crippen LogP contribution in [0.1, 0.15) is 11.1 Å². The van der Waals surface area contributed by atoms with Gasteiger partial charge >= 0.3 is 5.97 Å². The topological polar surface area (TPSA) is 113 Å². The van der Waals surface area contributed by atoms with Crippen LogP contribution >= 0.6 is 0 Å². The van der Waals surface area contributed by atoms with Crippen molar-refractivity contribution in [1.29, 1.82) is 0 Å². The number of hydrogen-bond donors (Lipinski definition) is 3. The van der Waals surface area contributed by atoms with E-state index < -0.39 is 24.3 Å². The van der Waals surface area contributed by atoms with Gasteiger partial charge in [-0.1, -0.05) is 6.07 Å². The standard InChI is InChI=1S/C14H19N3O4/c1-9-3-4-11(5-10(9)2)16-13(19)7-17(6-12(15)18)8-14(20)21/h3-5H,6-8H2,1-2H3,(H2,15,18)(H,16,19)(H,20,21). The Morgan fingerprint density at radius 3 is 2.33 bits per heavy atom. The van der Waals surface area contributed by atoms with Crippen LogP contribution in [0.25, 0.3) is 0 Å². The highest BCUT2D eigenvalue weighted by atomic mass is 16.4. The summed E-state index contributed by atoms with van der Waals surface area (Å²) in [6, 6.07) is 5.46. The molecule has 7 heteroatoms. The second-order valence-corrected chi connectivity index (χ2v) is 4.85. The maximum Gasteiger partial charge on any atom is 0.317 e. The number of hydrogen-bond acceptors (Lipinski definition) is 4. The second kappa shape index (κ2) is 7.39. The molecule has 7 nitrogen and oxygen atoms in total. The number of primary amides is 1. The zero-order valence-corrected chi connectivity index (χ0v) is 12.0. The quantitative estimate of drug-likeness (QED) is 0.660. The van der Waals surface area contributed by atoms with E-state index in [9.17, 15) is 14.4 Å². The number of carboxylic acid groups (broad SMARTS) is 1. The third-order valence-electron chi connectivity index (χ3n) is 2.90. The molecule has 0 saturated heterocycles. The smallest absolute Gasteiger partial charge is 0.317 e. The number of nitrogens with one attached hydrogen (secondary N) is 1. The molecule has 0 fully saturated rings. The van der Waals surface area contributed by atoms with Crippen LogP contribution in [0, 0.1) is 13.8 Å². The largest absolute Gasteiger partial charge is 0.480 e. The van der Waals surface area contributed by atoms with Crippen molar-refractivity contribution in [3.63, 3.8) is 0 Å².